The Labute approximate surface area is 102 Å². The Morgan fingerprint density at radius 2 is 2.06 bits per heavy atom. The van der Waals surface area contributed by atoms with Gasteiger partial charge in [-0.1, -0.05) is 0 Å². The fourth-order valence-corrected chi connectivity index (χ4v) is 1.78. The molecule has 0 amide bonds. The van der Waals surface area contributed by atoms with E-state index in [1.165, 1.54) is 36.7 Å². The number of aromatic nitrogens is 4. The molecule has 0 saturated heterocycles. The first-order valence-electron chi connectivity index (χ1n) is 5.29. The number of fused-ring (bicyclic) bond motifs is 1. The lowest BCUT2D eigenvalue weighted by atomic mass is 10.5. The second kappa shape index (κ2) is 4.39. The maximum absolute atomic E-state index is 12.0. The third kappa shape index (κ3) is 1.75. The second-order valence-corrected chi connectivity index (χ2v) is 3.97. The average Bonchev–Trinajstić information content (AvgIpc) is 2.77. The number of nitrogens with zero attached hydrogens (tertiary/aromatic N) is 4. The molecule has 2 aromatic heterocycles. The SMILES string of the molecule is COC(O)Cn1cnc2c1c(=O)n(C)c(=O)n2C. The van der Waals surface area contributed by atoms with Crippen LogP contribution in [0.5, 0.6) is 0 Å². The predicted octanol–water partition coefficient (Wildman–Crippen LogP) is -1.60. The van der Waals surface area contributed by atoms with E-state index < -0.39 is 17.5 Å². The summed E-state index contributed by atoms with van der Waals surface area (Å²) in [4.78, 5) is 27.7. The Morgan fingerprint density at radius 1 is 1.39 bits per heavy atom. The van der Waals surface area contributed by atoms with Gasteiger partial charge in [0.15, 0.2) is 17.5 Å². The monoisotopic (exact) mass is 254 g/mol. The Morgan fingerprint density at radius 3 is 2.67 bits per heavy atom. The summed E-state index contributed by atoms with van der Waals surface area (Å²) in [6, 6.07) is 0. The van der Waals surface area contributed by atoms with Crippen molar-refractivity contribution in [2.75, 3.05) is 7.11 Å². The van der Waals surface area contributed by atoms with Gasteiger partial charge in [-0.15, -0.1) is 0 Å². The number of aryl methyl sites for hydroxylation is 1. The molecule has 0 aliphatic heterocycles. The van der Waals surface area contributed by atoms with E-state index >= 15 is 0 Å². The van der Waals surface area contributed by atoms with Gasteiger partial charge in [0, 0.05) is 21.2 Å². The predicted molar refractivity (Wildman–Crippen MR) is 63.2 cm³/mol. The molecule has 0 aliphatic rings. The average molecular weight is 254 g/mol. The Kier molecular flexibility index (Phi) is 3.05. The third-order valence-corrected chi connectivity index (χ3v) is 2.84. The van der Waals surface area contributed by atoms with Crippen molar-refractivity contribution in [3.8, 4) is 0 Å². The molecular formula is C10H14N4O4. The second-order valence-electron chi connectivity index (χ2n) is 3.97. The molecule has 98 valence electrons. The lowest BCUT2D eigenvalue weighted by Gasteiger charge is -2.10. The molecule has 1 N–H and O–H groups in total. The summed E-state index contributed by atoms with van der Waals surface area (Å²) in [5.74, 6) is 0. The summed E-state index contributed by atoms with van der Waals surface area (Å²) in [6.07, 6.45) is 0.359. The minimum Gasteiger partial charge on any atom is -0.366 e. The van der Waals surface area contributed by atoms with Crippen molar-refractivity contribution in [3.05, 3.63) is 27.2 Å². The molecule has 18 heavy (non-hydrogen) atoms. The number of ether oxygens (including phenoxy) is 1. The van der Waals surface area contributed by atoms with Crippen molar-refractivity contribution in [2.45, 2.75) is 12.8 Å². The van der Waals surface area contributed by atoms with Crippen LogP contribution in [0, 0.1) is 0 Å². The molecule has 0 aliphatic carbocycles. The van der Waals surface area contributed by atoms with Gasteiger partial charge in [-0.2, -0.15) is 0 Å². The van der Waals surface area contributed by atoms with E-state index in [9.17, 15) is 14.7 Å². The van der Waals surface area contributed by atoms with Crippen LogP contribution in [-0.4, -0.2) is 37.2 Å². The topological polar surface area (TPSA) is 91.3 Å². The van der Waals surface area contributed by atoms with Crippen LogP contribution in [0.15, 0.2) is 15.9 Å². The Bertz CT molecular complexity index is 696. The van der Waals surface area contributed by atoms with E-state index in [1.54, 1.807) is 0 Å². The quantitative estimate of drug-likeness (QED) is 0.666. The summed E-state index contributed by atoms with van der Waals surface area (Å²) in [5, 5.41) is 9.43. The fraction of sp³-hybridized carbons (Fsp3) is 0.500. The van der Waals surface area contributed by atoms with Gasteiger partial charge in [0.25, 0.3) is 5.56 Å². The molecule has 1 atom stereocenters. The van der Waals surface area contributed by atoms with E-state index in [1.807, 2.05) is 0 Å². The number of rotatable bonds is 3. The smallest absolute Gasteiger partial charge is 0.332 e. The first-order chi connectivity index (χ1) is 8.47. The maximum Gasteiger partial charge on any atom is 0.332 e. The molecule has 0 radical (unpaired) electrons. The van der Waals surface area contributed by atoms with Crippen molar-refractivity contribution >= 4 is 11.2 Å². The molecule has 2 rings (SSSR count). The van der Waals surface area contributed by atoms with Crippen LogP contribution in [0.2, 0.25) is 0 Å². The maximum atomic E-state index is 12.0. The summed E-state index contributed by atoms with van der Waals surface area (Å²) >= 11 is 0. The summed E-state index contributed by atoms with van der Waals surface area (Å²) < 4.78 is 8.47. The van der Waals surface area contributed by atoms with Crippen molar-refractivity contribution in [3.63, 3.8) is 0 Å². The molecule has 2 heterocycles. The van der Waals surface area contributed by atoms with Gasteiger partial charge in [0.2, 0.25) is 0 Å². The fourth-order valence-electron chi connectivity index (χ4n) is 1.78. The van der Waals surface area contributed by atoms with Crippen LogP contribution in [0.3, 0.4) is 0 Å². The molecule has 0 spiro atoms. The number of methoxy groups -OCH3 is 1. The van der Waals surface area contributed by atoms with Gasteiger partial charge in [-0.25, -0.2) is 9.78 Å². The van der Waals surface area contributed by atoms with Crippen LogP contribution in [0.1, 0.15) is 0 Å². The highest BCUT2D eigenvalue weighted by Gasteiger charge is 2.15. The zero-order chi connectivity index (χ0) is 13.4. The van der Waals surface area contributed by atoms with Crippen LogP contribution in [0.4, 0.5) is 0 Å². The summed E-state index contributed by atoms with van der Waals surface area (Å²) in [7, 11) is 4.29. The minimum absolute atomic E-state index is 0.0699. The van der Waals surface area contributed by atoms with E-state index in [0.29, 0.717) is 0 Å². The van der Waals surface area contributed by atoms with Crippen molar-refractivity contribution in [2.24, 2.45) is 14.1 Å². The van der Waals surface area contributed by atoms with Crippen LogP contribution in [0.25, 0.3) is 11.2 Å². The standard InChI is InChI=1S/C10H14N4O4/c1-12-8-7(9(16)13(2)10(12)17)14(5-11-8)4-6(15)18-3/h5-6,15H,4H2,1-3H3. The normalized spacial score (nSPS) is 13.1. The van der Waals surface area contributed by atoms with Crippen molar-refractivity contribution in [1.29, 1.82) is 0 Å². The minimum atomic E-state index is -1.04. The molecule has 0 aromatic carbocycles. The first kappa shape index (κ1) is 12.5. The molecule has 8 nitrogen and oxygen atoms in total. The van der Waals surface area contributed by atoms with Gasteiger partial charge in [-0.3, -0.25) is 13.9 Å². The van der Waals surface area contributed by atoms with Crippen molar-refractivity contribution < 1.29 is 9.84 Å². The van der Waals surface area contributed by atoms with Crippen LogP contribution >= 0.6 is 0 Å². The molecule has 8 heteroatoms. The van der Waals surface area contributed by atoms with Crippen molar-refractivity contribution in [1.82, 2.24) is 18.7 Å². The largest absolute Gasteiger partial charge is 0.366 e. The first-order valence-corrected chi connectivity index (χ1v) is 5.29. The number of aliphatic hydroxyl groups excluding tert-OH is 1. The zero-order valence-electron chi connectivity index (χ0n) is 10.3. The van der Waals surface area contributed by atoms with E-state index in [-0.39, 0.29) is 17.7 Å². The van der Waals surface area contributed by atoms with Gasteiger partial charge in [-0.05, 0) is 0 Å². The number of hydrogen-bond acceptors (Lipinski definition) is 5. The highest BCUT2D eigenvalue weighted by Crippen LogP contribution is 2.06. The molecule has 0 fully saturated rings. The van der Waals surface area contributed by atoms with Crippen LogP contribution < -0.4 is 11.2 Å². The zero-order valence-corrected chi connectivity index (χ0v) is 10.3. The van der Waals surface area contributed by atoms with Gasteiger partial charge in [0.1, 0.15) is 0 Å². The molecule has 0 saturated carbocycles. The van der Waals surface area contributed by atoms with E-state index in [0.717, 1.165) is 4.57 Å². The molecular weight excluding hydrogens is 240 g/mol. The number of hydrogen-bond donors (Lipinski definition) is 1. The highest BCUT2D eigenvalue weighted by molar-refractivity contribution is 5.69. The lowest BCUT2D eigenvalue weighted by molar-refractivity contribution is -0.0828. The van der Waals surface area contributed by atoms with Gasteiger partial charge in [0.05, 0.1) is 12.9 Å². The lowest BCUT2D eigenvalue weighted by Crippen LogP contribution is -2.37. The summed E-state index contributed by atoms with van der Waals surface area (Å²) in [6.45, 7) is 0.0699. The molecule has 2 aromatic rings. The highest BCUT2D eigenvalue weighted by atomic mass is 16.6. The Balaban J connectivity index is 2.74. The Hall–Kier alpha value is -1.93. The molecule has 0 bridgehead atoms. The number of imidazole rings is 1. The number of aliphatic hydroxyl groups is 1. The van der Waals surface area contributed by atoms with Crippen LogP contribution in [-0.2, 0) is 25.4 Å². The van der Waals surface area contributed by atoms with E-state index in [4.69, 9.17) is 4.74 Å². The third-order valence-electron chi connectivity index (χ3n) is 2.84. The van der Waals surface area contributed by atoms with Gasteiger partial charge >= 0.3 is 5.69 Å². The summed E-state index contributed by atoms with van der Waals surface area (Å²) in [5.41, 5.74) is -0.346. The molecule has 1 unspecified atom stereocenters. The van der Waals surface area contributed by atoms with Gasteiger partial charge < -0.3 is 14.4 Å². The van der Waals surface area contributed by atoms with E-state index in [2.05, 4.69) is 4.98 Å².